The maximum Gasteiger partial charge on any atom is 0.245 e. The van der Waals surface area contributed by atoms with Gasteiger partial charge in [0, 0.05) is 30.1 Å². The molecule has 2 amide bonds. The molecule has 2 aromatic carbocycles. The number of benzene rings is 2. The molecule has 2 aliphatic heterocycles. The van der Waals surface area contributed by atoms with Gasteiger partial charge in [-0.2, -0.15) is 0 Å². The topological polar surface area (TPSA) is 56.4 Å². The Bertz CT molecular complexity index is 1190. The lowest BCUT2D eigenvalue weighted by atomic mass is 9.83. The van der Waals surface area contributed by atoms with E-state index in [1.165, 1.54) is 29.5 Å². The van der Waals surface area contributed by atoms with Gasteiger partial charge in [0.2, 0.25) is 11.8 Å². The van der Waals surface area contributed by atoms with Gasteiger partial charge in [-0.15, -0.1) is 0 Å². The highest BCUT2D eigenvalue weighted by atomic mass is 16.2. The number of likely N-dealkylation sites (N-methyl/N-ethyl adjacent to an activating group) is 1. The molecule has 6 rings (SSSR count). The molecule has 1 fully saturated rings. The van der Waals surface area contributed by atoms with Crippen LogP contribution in [0.25, 0.3) is 10.9 Å². The van der Waals surface area contributed by atoms with Crippen molar-refractivity contribution < 1.29 is 9.59 Å². The van der Waals surface area contributed by atoms with Gasteiger partial charge in [-0.1, -0.05) is 36.4 Å². The molecule has 3 aromatic rings. The number of aromatic nitrogens is 1. The van der Waals surface area contributed by atoms with Gasteiger partial charge in [0.25, 0.3) is 0 Å². The van der Waals surface area contributed by atoms with E-state index in [1.807, 2.05) is 17.0 Å². The van der Waals surface area contributed by atoms with Crippen molar-refractivity contribution in [2.45, 2.75) is 44.2 Å². The van der Waals surface area contributed by atoms with Crippen LogP contribution >= 0.6 is 0 Å². The average Bonchev–Trinajstić information content (AvgIpc) is 3.14. The first-order chi connectivity index (χ1) is 14.6. The Hall–Kier alpha value is -3.08. The third kappa shape index (κ3) is 2.47. The van der Waals surface area contributed by atoms with Gasteiger partial charge < -0.3 is 14.8 Å². The third-order valence-electron chi connectivity index (χ3n) is 7.14. The van der Waals surface area contributed by atoms with Crippen molar-refractivity contribution in [2.24, 2.45) is 0 Å². The number of carbonyl (C=O) groups is 2. The zero-order chi connectivity index (χ0) is 20.4. The molecule has 0 spiro atoms. The lowest BCUT2D eigenvalue weighted by Gasteiger charge is -2.46. The summed E-state index contributed by atoms with van der Waals surface area (Å²) in [4.78, 5) is 33.3. The number of aromatic amines is 1. The Balaban J connectivity index is 1.57. The number of piperazine rings is 1. The molecule has 2 unspecified atom stereocenters. The number of hydrogen-bond acceptors (Lipinski definition) is 2. The van der Waals surface area contributed by atoms with E-state index in [9.17, 15) is 9.59 Å². The number of amides is 2. The number of fused-ring (bicyclic) bond motifs is 5. The van der Waals surface area contributed by atoms with E-state index in [1.54, 1.807) is 11.9 Å². The van der Waals surface area contributed by atoms with Gasteiger partial charge in [-0.25, -0.2) is 0 Å². The van der Waals surface area contributed by atoms with E-state index in [4.69, 9.17) is 0 Å². The van der Waals surface area contributed by atoms with Crippen LogP contribution in [0, 0.1) is 0 Å². The number of para-hydroxylation sites is 1. The van der Waals surface area contributed by atoms with Crippen LogP contribution in [-0.4, -0.2) is 46.2 Å². The minimum atomic E-state index is -0.441. The van der Waals surface area contributed by atoms with Crippen LogP contribution in [0.4, 0.5) is 0 Å². The fraction of sp³-hybridized carbons (Fsp3) is 0.360. The van der Waals surface area contributed by atoms with Crippen molar-refractivity contribution in [1.82, 2.24) is 14.8 Å². The van der Waals surface area contributed by atoms with Gasteiger partial charge in [-0.3, -0.25) is 9.59 Å². The third-order valence-corrected chi connectivity index (χ3v) is 7.14. The van der Waals surface area contributed by atoms with E-state index in [0.717, 1.165) is 35.0 Å². The highest BCUT2D eigenvalue weighted by molar-refractivity contribution is 5.97. The normalized spacial score (nSPS) is 23.4. The highest BCUT2D eigenvalue weighted by Gasteiger charge is 2.47. The molecule has 0 bridgehead atoms. The summed E-state index contributed by atoms with van der Waals surface area (Å²) in [6.07, 6.45) is 5.25. The number of rotatable bonds is 1. The molecule has 5 nitrogen and oxygen atoms in total. The van der Waals surface area contributed by atoms with Crippen LogP contribution in [-0.2, 0) is 28.9 Å². The number of H-pyrrole nitrogens is 1. The molecule has 0 radical (unpaired) electrons. The molecular formula is C25H25N3O2. The fourth-order valence-corrected chi connectivity index (χ4v) is 5.68. The predicted molar refractivity (Wildman–Crippen MR) is 115 cm³/mol. The molecule has 2 atom stereocenters. The van der Waals surface area contributed by atoms with Crippen LogP contribution in [0.3, 0.4) is 0 Å². The van der Waals surface area contributed by atoms with Crippen LogP contribution in [0.1, 0.15) is 46.8 Å². The molecule has 1 aliphatic carbocycles. The van der Waals surface area contributed by atoms with E-state index >= 15 is 0 Å². The number of nitrogens with one attached hydrogen (secondary N) is 1. The minimum Gasteiger partial charge on any atom is -0.356 e. The zero-order valence-electron chi connectivity index (χ0n) is 17.1. The number of nitrogens with zero attached hydrogens (tertiary/aromatic N) is 2. The van der Waals surface area contributed by atoms with Gasteiger partial charge in [0.05, 0.1) is 12.6 Å². The maximum absolute atomic E-state index is 13.2. The second kappa shape index (κ2) is 6.46. The molecule has 3 heterocycles. The second-order valence-electron chi connectivity index (χ2n) is 8.92. The monoisotopic (exact) mass is 399 g/mol. The second-order valence-corrected chi connectivity index (χ2v) is 8.92. The summed E-state index contributed by atoms with van der Waals surface area (Å²) in [5.74, 6) is 0.0580. The lowest BCUT2D eigenvalue weighted by molar-refractivity contribution is -0.157. The van der Waals surface area contributed by atoms with Crippen molar-refractivity contribution in [3.63, 3.8) is 0 Å². The van der Waals surface area contributed by atoms with Crippen LogP contribution in [0.5, 0.6) is 0 Å². The van der Waals surface area contributed by atoms with Crippen molar-refractivity contribution in [1.29, 1.82) is 0 Å². The first kappa shape index (κ1) is 17.8. The van der Waals surface area contributed by atoms with Crippen LogP contribution < -0.4 is 0 Å². The summed E-state index contributed by atoms with van der Waals surface area (Å²) in [5, 5.41) is 1.16. The van der Waals surface area contributed by atoms with Gasteiger partial charge in [0.1, 0.15) is 6.04 Å². The van der Waals surface area contributed by atoms with Crippen molar-refractivity contribution >= 4 is 22.7 Å². The molecule has 30 heavy (non-hydrogen) atoms. The van der Waals surface area contributed by atoms with E-state index in [-0.39, 0.29) is 24.4 Å². The van der Waals surface area contributed by atoms with Crippen LogP contribution in [0.15, 0.2) is 42.5 Å². The molecular weight excluding hydrogens is 374 g/mol. The lowest BCUT2D eigenvalue weighted by Crippen LogP contribution is -2.62. The maximum atomic E-state index is 13.2. The zero-order valence-corrected chi connectivity index (χ0v) is 17.1. The summed E-state index contributed by atoms with van der Waals surface area (Å²) in [5.41, 5.74) is 7.23. The Morgan fingerprint density at radius 1 is 1.00 bits per heavy atom. The summed E-state index contributed by atoms with van der Waals surface area (Å²) in [6.45, 7) is 0.145. The van der Waals surface area contributed by atoms with Crippen molar-refractivity contribution in [3.8, 4) is 0 Å². The van der Waals surface area contributed by atoms with Crippen molar-refractivity contribution in [2.75, 3.05) is 13.6 Å². The van der Waals surface area contributed by atoms with Gasteiger partial charge >= 0.3 is 0 Å². The predicted octanol–water partition coefficient (Wildman–Crippen LogP) is 3.36. The van der Waals surface area contributed by atoms with E-state index in [2.05, 4.69) is 35.3 Å². The van der Waals surface area contributed by atoms with Crippen molar-refractivity contribution in [3.05, 3.63) is 70.4 Å². The summed E-state index contributed by atoms with van der Waals surface area (Å²) in [6, 6.07) is 14.3. The summed E-state index contributed by atoms with van der Waals surface area (Å²) in [7, 11) is 1.73. The number of aryl methyl sites for hydroxylation is 2. The number of carbonyl (C=O) groups excluding carboxylic acids is 2. The Morgan fingerprint density at radius 3 is 2.67 bits per heavy atom. The molecule has 5 heteroatoms. The molecule has 1 saturated heterocycles. The fourth-order valence-electron chi connectivity index (χ4n) is 5.68. The Morgan fingerprint density at radius 2 is 1.80 bits per heavy atom. The van der Waals surface area contributed by atoms with E-state index in [0.29, 0.717) is 6.42 Å². The largest absolute Gasteiger partial charge is 0.356 e. The van der Waals surface area contributed by atoms with Gasteiger partial charge in [0.15, 0.2) is 0 Å². The Labute approximate surface area is 175 Å². The quantitative estimate of drug-likeness (QED) is 0.682. The smallest absolute Gasteiger partial charge is 0.245 e. The molecule has 152 valence electrons. The SMILES string of the molecule is CN1CC(=O)N2C(Cc3c([nH]c4ccccc34)C2c2ccc3c(c2)CCCC3)C1=O. The van der Waals surface area contributed by atoms with Crippen LogP contribution in [0.2, 0.25) is 0 Å². The first-order valence-corrected chi connectivity index (χ1v) is 10.9. The molecule has 0 saturated carbocycles. The number of hydrogen-bond donors (Lipinski definition) is 1. The summed E-state index contributed by atoms with van der Waals surface area (Å²) < 4.78 is 0. The molecule has 1 aromatic heterocycles. The standard InChI is InChI=1S/C25H25N3O2/c1-27-14-22(29)28-21(25(27)30)13-19-18-8-4-5-9-20(18)26-23(19)24(28)17-11-10-15-6-2-3-7-16(15)12-17/h4-5,8-12,21,24,26H,2-3,6-7,13-14H2,1H3. The first-order valence-electron chi connectivity index (χ1n) is 10.9. The van der Waals surface area contributed by atoms with E-state index < -0.39 is 6.04 Å². The Kier molecular flexibility index (Phi) is 3.82. The summed E-state index contributed by atoms with van der Waals surface area (Å²) >= 11 is 0. The van der Waals surface area contributed by atoms with Gasteiger partial charge in [-0.05, 0) is 54.0 Å². The minimum absolute atomic E-state index is 0.0223. The molecule has 1 N–H and O–H groups in total. The highest BCUT2D eigenvalue weighted by Crippen LogP contribution is 2.43. The average molecular weight is 399 g/mol. The molecule has 3 aliphatic rings.